The van der Waals surface area contributed by atoms with Gasteiger partial charge < -0.3 is 14.5 Å². The van der Waals surface area contributed by atoms with Gasteiger partial charge in [0.1, 0.15) is 24.0 Å². The Morgan fingerprint density at radius 1 is 1.23 bits per heavy atom. The lowest BCUT2D eigenvalue weighted by Gasteiger charge is -2.11. The van der Waals surface area contributed by atoms with Gasteiger partial charge in [0.2, 0.25) is 0 Å². The Bertz CT molecular complexity index is 989. The Morgan fingerprint density at radius 3 is 2.77 bits per heavy atom. The molecular formula is C18H11BrF2N2O3. The van der Waals surface area contributed by atoms with Crippen molar-refractivity contribution in [2.75, 3.05) is 6.61 Å². The average molecular weight is 421 g/mol. The zero-order chi connectivity index (χ0) is 18.3. The summed E-state index contributed by atoms with van der Waals surface area (Å²) in [6.45, 7) is 0.181. The largest absolute Gasteiger partial charge is 0.491 e. The SMILES string of the molecule is O=C(NC1COc2cc(F)c(Br)cc21)c1ncoc1-c1ccc(F)cc1. The Labute approximate surface area is 155 Å². The molecule has 0 bridgehead atoms. The van der Waals surface area contributed by atoms with Crippen LogP contribution in [0.15, 0.2) is 51.7 Å². The molecule has 5 nitrogen and oxygen atoms in total. The van der Waals surface area contributed by atoms with Crippen molar-refractivity contribution in [3.63, 3.8) is 0 Å². The molecule has 1 aliphatic rings. The van der Waals surface area contributed by atoms with Gasteiger partial charge >= 0.3 is 0 Å². The van der Waals surface area contributed by atoms with Crippen LogP contribution >= 0.6 is 15.9 Å². The van der Waals surface area contributed by atoms with Crippen LogP contribution in [0.25, 0.3) is 11.3 Å². The first kappa shape index (κ1) is 16.7. The number of nitrogens with one attached hydrogen (secondary N) is 1. The summed E-state index contributed by atoms with van der Waals surface area (Å²) in [6.07, 6.45) is 1.15. The standard InChI is InChI=1S/C18H11BrF2N2O3/c19-12-5-11-14(7-25-15(11)6-13(12)21)23-18(24)16-17(26-8-22-16)9-1-3-10(20)4-2-9/h1-6,8,14H,7H2,(H,23,24). The molecule has 1 aromatic heterocycles. The average Bonchev–Trinajstić information content (AvgIpc) is 3.24. The van der Waals surface area contributed by atoms with Crippen LogP contribution in [0.1, 0.15) is 22.1 Å². The van der Waals surface area contributed by atoms with Crippen LogP contribution in [-0.4, -0.2) is 17.5 Å². The van der Waals surface area contributed by atoms with E-state index >= 15 is 0 Å². The highest BCUT2D eigenvalue weighted by Crippen LogP contribution is 2.36. The quantitative estimate of drug-likeness (QED) is 0.687. The first-order valence-corrected chi connectivity index (χ1v) is 8.44. The number of amides is 1. The van der Waals surface area contributed by atoms with E-state index in [9.17, 15) is 13.6 Å². The van der Waals surface area contributed by atoms with E-state index in [0.29, 0.717) is 16.9 Å². The molecule has 1 amide bonds. The van der Waals surface area contributed by atoms with E-state index < -0.39 is 23.6 Å². The van der Waals surface area contributed by atoms with Gasteiger partial charge in [-0.05, 0) is 46.3 Å². The molecule has 0 saturated carbocycles. The highest BCUT2D eigenvalue weighted by molar-refractivity contribution is 9.10. The van der Waals surface area contributed by atoms with E-state index in [-0.39, 0.29) is 22.5 Å². The zero-order valence-electron chi connectivity index (χ0n) is 13.1. The van der Waals surface area contributed by atoms with Crippen LogP contribution in [0.4, 0.5) is 8.78 Å². The fraction of sp³-hybridized carbons (Fsp3) is 0.111. The van der Waals surface area contributed by atoms with Gasteiger partial charge in [0.15, 0.2) is 17.8 Å². The summed E-state index contributed by atoms with van der Waals surface area (Å²) in [5, 5.41) is 2.80. The number of rotatable bonds is 3. The monoisotopic (exact) mass is 420 g/mol. The number of hydrogen-bond donors (Lipinski definition) is 1. The molecule has 8 heteroatoms. The van der Waals surface area contributed by atoms with E-state index in [2.05, 4.69) is 26.2 Å². The molecule has 1 atom stereocenters. The Kier molecular flexibility index (Phi) is 4.20. The Balaban J connectivity index is 1.59. The molecule has 4 rings (SSSR count). The second-order valence-electron chi connectivity index (χ2n) is 5.68. The van der Waals surface area contributed by atoms with Crippen LogP contribution in [0.2, 0.25) is 0 Å². The van der Waals surface area contributed by atoms with E-state index in [1.807, 2.05) is 0 Å². The van der Waals surface area contributed by atoms with Crippen molar-refractivity contribution in [3.05, 3.63) is 70.2 Å². The summed E-state index contributed by atoms with van der Waals surface area (Å²) >= 11 is 3.13. The molecule has 1 aliphatic heterocycles. The number of aromatic nitrogens is 1. The molecule has 1 unspecified atom stereocenters. The minimum atomic E-state index is -0.472. The molecule has 132 valence electrons. The number of ether oxygens (including phenoxy) is 1. The van der Waals surface area contributed by atoms with Gasteiger partial charge in [-0.15, -0.1) is 0 Å². The van der Waals surface area contributed by atoms with Crippen molar-refractivity contribution >= 4 is 21.8 Å². The van der Waals surface area contributed by atoms with Gasteiger partial charge in [-0.1, -0.05) is 0 Å². The van der Waals surface area contributed by atoms with Crippen molar-refractivity contribution in [3.8, 4) is 17.1 Å². The van der Waals surface area contributed by atoms with Gasteiger partial charge in [0, 0.05) is 17.2 Å². The van der Waals surface area contributed by atoms with Crippen molar-refractivity contribution in [2.45, 2.75) is 6.04 Å². The second kappa shape index (κ2) is 6.53. The van der Waals surface area contributed by atoms with Crippen molar-refractivity contribution in [1.82, 2.24) is 10.3 Å². The number of carbonyl (C=O) groups excluding carboxylic acids is 1. The Hall–Kier alpha value is -2.74. The lowest BCUT2D eigenvalue weighted by atomic mass is 10.1. The van der Waals surface area contributed by atoms with Gasteiger partial charge in [-0.3, -0.25) is 4.79 Å². The van der Waals surface area contributed by atoms with Crippen LogP contribution in [0.5, 0.6) is 5.75 Å². The van der Waals surface area contributed by atoms with Gasteiger partial charge in [-0.2, -0.15) is 0 Å². The summed E-state index contributed by atoms with van der Waals surface area (Å²) in [4.78, 5) is 16.6. The second-order valence-corrected chi connectivity index (χ2v) is 6.53. The lowest BCUT2D eigenvalue weighted by Crippen LogP contribution is -2.30. The summed E-state index contributed by atoms with van der Waals surface area (Å²) in [7, 11) is 0. The van der Waals surface area contributed by atoms with Crippen molar-refractivity contribution in [1.29, 1.82) is 0 Å². The third-order valence-electron chi connectivity index (χ3n) is 4.03. The molecular weight excluding hydrogens is 410 g/mol. The highest BCUT2D eigenvalue weighted by Gasteiger charge is 2.29. The first-order chi connectivity index (χ1) is 12.5. The number of carbonyl (C=O) groups is 1. The minimum Gasteiger partial charge on any atom is -0.491 e. The smallest absolute Gasteiger partial charge is 0.274 e. The topological polar surface area (TPSA) is 64.4 Å². The fourth-order valence-electron chi connectivity index (χ4n) is 2.76. The summed E-state index contributed by atoms with van der Waals surface area (Å²) < 4.78 is 37.7. The Morgan fingerprint density at radius 2 is 2.00 bits per heavy atom. The number of oxazole rings is 1. The maximum absolute atomic E-state index is 13.6. The normalized spacial score (nSPS) is 15.4. The molecule has 3 aromatic rings. The third-order valence-corrected chi connectivity index (χ3v) is 4.64. The van der Waals surface area contributed by atoms with E-state index in [4.69, 9.17) is 9.15 Å². The number of fused-ring (bicyclic) bond motifs is 1. The van der Waals surface area contributed by atoms with Crippen LogP contribution in [0.3, 0.4) is 0 Å². The number of benzene rings is 2. The van der Waals surface area contributed by atoms with Crippen molar-refractivity contribution < 1.29 is 22.7 Å². The van der Waals surface area contributed by atoms with Crippen molar-refractivity contribution in [2.24, 2.45) is 0 Å². The van der Waals surface area contributed by atoms with E-state index in [1.54, 1.807) is 6.07 Å². The molecule has 0 radical (unpaired) electrons. The molecule has 2 aromatic carbocycles. The maximum Gasteiger partial charge on any atom is 0.274 e. The molecule has 26 heavy (non-hydrogen) atoms. The highest BCUT2D eigenvalue weighted by atomic mass is 79.9. The molecule has 0 saturated heterocycles. The lowest BCUT2D eigenvalue weighted by molar-refractivity contribution is 0.0926. The van der Waals surface area contributed by atoms with Crippen LogP contribution < -0.4 is 10.1 Å². The fourth-order valence-corrected chi connectivity index (χ4v) is 3.13. The molecule has 1 N–H and O–H groups in total. The summed E-state index contributed by atoms with van der Waals surface area (Å²) in [5.41, 5.74) is 1.27. The van der Waals surface area contributed by atoms with E-state index in [0.717, 1.165) is 6.39 Å². The van der Waals surface area contributed by atoms with Crippen LogP contribution in [0, 0.1) is 11.6 Å². The van der Waals surface area contributed by atoms with Crippen LogP contribution in [-0.2, 0) is 0 Å². The van der Waals surface area contributed by atoms with Gasteiger partial charge in [-0.25, -0.2) is 13.8 Å². The third kappa shape index (κ3) is 2.96. The predicted octanol–water partition coefficient (Wildman–Crippen LogP) is 4.25. The maximum atomic E-state index is 13.6. The minimum absolute atomic E-state index is 0.0752. The molecule has 0 fully saturated rings. The molecule has 2 heterocycles. The number of halogens is 3. The van der Waals surface area contributed by atoms with E-state index in [1.165, 1.54) is 30.3 Å². The summed E-state index contributed by atoms with van der Waals surface area (Å²) in [5.74, 6) is -0.681. The predicted molar refractivity (Wildman–Crippen MR) is 91.7 cm³/mol. The van der Waals surface area contributed by atoms with Gasteiger partial charge in [0.25, 0.3) is 5.91 Å². The summed E-state index contributed by atoms with van der Waals surface area (Å²) in [6, 6.07) is 7.94. The zero-order valence-corrected chi connectivity index (χ0v) is 14.7. The van der Waals surface area contributed by atoms with Gasteiger partial charge in [0.05, 0.1) is 10.5 Å². The molecule has 0 spiro atoms. The first-order valence-electron chi connectivity index (χ1n) is 7.65. The number of hydrogen-bond acceptors (Lipinski definition) is 4. The number of nitrogens with zero attached hydrogens (tertiary/aromatic N) is 1. The molecule has 0 aliphatic carbocycles.